The van der Waals surface area contributed by atoms with E-state index in [1.807, 2.05) is 85.8 Å². The maximum Gasteiger partial charge on any atom is 0.254 e. The first-order valence-electron chi connectivity index (χ1n) is 12.4. The molecule has 0 aliphatic rings. The lowest BCUT2D eigenvalue weighted by Crippen LogP contribution is -2.23. The number of carbonyl (C=O) groups excluding carboxylic acids is 2. The van der Waals surface area contributed by atoms with Gasteiger partial charge in [-0.2, -0.15) is 0 Å². The van der Waals surface area contributed by atoms with E-state index in [0.717, 1.165) is 33.3 Å². The Labute approximate surface area is 212 Å². The SMILES string of the molecule is CCC(O)CCC(=O)Cc1ccc2nc(-c3ccccc3)c(-c3ccccc3)c(C(=O)N(C)C)c2c1. The van der Waals surface area contributed by atoms with Crippen molar-refractivity contribution in [1.29, 1.82) is 0 Å². The lowest BCUT2D eigenvalue weighted by atomic mass is 9.90. The van der Waals surface area contributed by atoms with E-state index in [-0.39, 0.29) is 18.1 Å². The Balaban J connectivity index is 1.92. The quantitative estimate of drug-likeness (QED) is 0.322. The Morgan fingerprint density at radius 1 is 0.917 bits per heavy atom. The number of pyridine rings is 1. The number of aromatic nitrogens is 1. The average Bonchev–Trinajstić information content (AvgIpc) is 2.91. The van der Waals surface area contributed by atoms with E-state index in [9.17, 15) is 14.7 Å². The highest BCUT2D eigenvalue weighted by Gasteiger charge is 2.24. The van der Waals surface area contributed by atoms with Crippen LogP contribution in [0.3, 0.4) is 0 Å². The molecule has 1 N–H and O–H groups in total. The second-order valence-electron chi connectivity index (χ2n) is 9.31. The van der Waals surface area contributed by atoms with Crippen LogP contribution < -0.4 is 0 Å². The molecule has 3 aromatic carbocycles. The summed E-state index contributed by atoms with van der Waals surface area (Å²) >= 11 is 0. The summed E-state index contributed by atoms with van der Waals surface area (Å²) in [5.74, 6) is -0.0486. The molecule has 4 rings (SSSR count). The smallest absolute Gasteiger partial charge is 0.254 e. The first kappa shape index (κ1) is 25.3. The van der Waals surface area contributed by atoms with Crippen molar-refractivity contribution >= 4 is 22.6 Å². The minimum Gasteiger partial charge on any atom is -0.393 e. The predicted octanol–water partition coefficient (Wildman–Crippen LogP) is 5.93. The molecule has 1 atom stereocenters. The second-order valence-corrected chi connectivity index (χ2v) is 9.31. The number of fused-ring (bicyclic) bond motifs is 1. The van der Waals surface area contributed by atoms with E-state index in [2.05, 4.69) is 0 Å². The number of hydrogen-bond donors (Lipinski definition) is 1. The molecule has 0 saturated heterocycles. The van der Waals surface area contributed by atoms with E-state index < -0.39 is 6.10 Å². The van der Waals surface area contributed by atoms with Crippen molar-refractivity contribution in [3.05, 3.63) is 90.0 Å². The largest absolute Gasteiger partial charge is 0.393 e. The van der Waals surface area contributed by atoms with Gasteiger partial charge in [-0.3, -0.25) is 9.59 Å². The van der Waals surface area contributed by atoms with Gasteiger partial charge in [-0.15, -0.1) is 0 Å². The fraction of sp³-hybridized carbons (Fsp3) is 0.258. The highest BCUT2D eigenvalue weighted by molar-refractivity contribution is 6.14. The summed E-state index contributed by atoms with van der Waals surface area (Å²) in [5, 5.41) is 10.5. The van der Waals surface area contributed by atoms with Gasteiger partial charge in [0.2, 0.25) is 0 Å². The first-order valence-corrected chi connectivity index (χ1v) is 12.4. The molecule has 1 amide bonds. The van der Waals surface area contributed by atoms with Crippen molar-refractivity contribution in [1.82, 2.24) is 9.88 Å². The lowest BCUT2D eigenvalue weighted by molar-refractivity contribution is -0.119. The van der Waals surface area contributed by atoms with Crippen molar-refractivity contribution in [3.8, 4) is 22.4 Å². The van der Waals surface area contributed by atoms with Gasteiger partial charge in [-0.1, -0.05) is 73.7 Å². The van der Waals surface area contributed by atoms with Crippen molar-refractivity contribution in [2.75, 3.05) is 14.1 Å². The maximum atomic E-state index is 13.7. The highest BCUT2D eigenvalue weighted by atomic mass is 16.3. The summed E-state index contributed by atoms with van der Waals surface area (Å²) < 4.78 is 0. The number of benzene rings is 3. The van der Waals surface area contributed by atoms with Crippen LogP contribution in [0.2, 0.25) is 0 Å². The molecular formula is C31H32N2O3. The van der Waals surface area contributed by atoms with Crippen LogP contribution in [0.5, 0.6) is 0 Å². The van der Waals surface area contributed by atoms with Gasteiger partial charge in [0, 0.05) is 43.5 Å². The van der Waals surface area contributed by atoms with E-state index in [1.165, 1.54) is 0 Å². The Hall–Kier alpha value is -3.83. The van der Waals surface area contributed by atoms with Gasteiger partial charge in [0.05, 0.1) is 22.9 Å². The van der Waals surface area contributed by atoms with Gasteiger partial charge < -0.3 is 10.0 Å². The predicted molar refractivity (Wildman–Crippen MR) is 145 cm³/mol. The van der Waals surface area contributed by atoms with Crippen molar-refractivity contribution in [3.63, 3.8) is 0 Å². The summed E-state index contributed by atoms with van der Waals surface area (Å²) in [5.41, 5.74) is 5.48. The van der Waals surface area contributed by atoms with E-state index in [0.29, 0.717) is 30.3 Å². The maximum absolute atomic E-state index is 13.7. The summed E-state index contributed by atoms with van der Waals surface area (Å²) in [6.07, 6.45) is 1.23. The van der Waals surface area contributed by atoms with Gasteiger partial charge in [-0.25, -0.2) is 4.98 Å². The summed E-state index contributed by atoms with van der Waals surface area (Å²) in [6, 6.07) is 25.5. The van der Waals surface area contributed by atoms with Gasteiger partial charge in [0.15, 0.2) is 0 Å². The van der Waals surface area contributed by atoms with Crippen LogP contribution in [0.15, 0.2) is 78.9 Å². The van der Waals surface area contributed by atoms with Crippen LogP contribution >= 0.6 is 0 Å². The Bertz CT molecular complexity index is 1370. The Morgan fingerprint density at radius 3 is 2.17 bits per heavy atom. The van der Waals surface area contributed by atoms with Gasteiger partial charge >= 0.3 is 0 Å². The van der Waals surface area contributed by atoms with E-state index in [1.54, 1.807) is 19.0 Å². The summed E-state index contributed by atoms with van der Waals surface area (Å²) in [6.45, 7) is 1.91. The molecule has 0 aliphatic carbocycles. The molecule has 1 heterocycles. The number of carbonyl (C=O) groups is 2. The van der Waals surface area contributed by atoms with Crippen LogP contribution in [0.4, 0.5) is 0 Å². The third-order valence-electron chi connectivity index (χ3n) is 6.41. The van der Waals surface area contributed by atoms with E-state index >= 15 is 0 Å². The van der Waals surface area contributed by atoms with E-state index in [4.69, 9.17) is 4.98 Å². The van der Waals surface area contributed by atoms with Crippen molar-refractivity contribution in [2.45, 2.75) is 38.7 Å². The lowest BCUT2D eigenvalue weighted by Gasteiger charge is -2.20. The zero-order chi connectivity index (χ0) is 25.7. The molecule has 184 valence electrons. The number of amides is 1. The third-order valence-corrected chi connectivity index (χ3v) is 6.41. The zero-order valence-electron chi connectivity index (χ0n) is 21.1. The van der Waals surface area contributed by atoms with Crippen LogP contribution in [-0.2, 0) is 11.2 Å². The number of hydrogen-bond acceptors (Lipinski definition) is 4. The number of Topliss-reactive ketones (excluding diaryl/α,β-unsaturated/α-hetero) is 1. The molecule has 5 nitrogen and oxygen atoms in total. The van der Waals surface area contributed by atoms with Gasteiger partial charge in [0.25, 0.3) is 5.91 Å². The molecule has 1 unspecified atom stereocenters. The Kier molecular flexibility index (Phi) is 7.91. The highest BCUT2D eigenvalue weighted by Crippen LogP contribution is 2.38. The fourth-order valence-corrected chi connectivity index (χ4v) is 4.40. The molecule has 5 heteroatoms. The number of ketones is 1. The number of rotatable bonds is 9. The molecule has 0 radical (unpaired) electrons. The zero-order valence-corrected chi connectivity index (χ0v) is 21.1. The standard InChI is InChI=1S/C31H32N2O3/c1-4-24(34)16-17-25(35)19-21-15-18-27-26(20-21)29(31(36)33(2)3)28(22-11-7-5-8-12-22)30(32-27)23-13-9-6-10-14-23/h5-15,18,20,24,34H,4,16-17,19H2,1-3H3. The van der Waals surface area contributed by atoms with Gasteiger partial charge in [0.1, 0.15) is 5.78 Å². The molecule has 0 spiro atoms. The normalized spacial score (nSPS) is 11.9. The molecule has 36 heavy (non-hydrogen) atoms. The average molecular weight is 481 g/mol. The molecular weight excluding hydrogens is 448 g/mol. The monoisotopic (exact) mass is 480 g/mol. The molecule has 0 bridgehead atoms. The Morgan fingerprint density at radius 2 is 1.56 bits per heavy atom. The van der Waals surface area contributed by atoms with Crippen LogP contribution in [-0.4, -0.2) is 46.9 Å². The van der Waals surface area contributed by atoms with Crippen LogP contribution in [0.25, 0.3) is 33.3 Å². The molecule has 1 aromatic heterocycles. The summed E-state index contributed by atoms with van der Waals surface area (Å²) in [4.78, 5) is 32.9. The minimum atomic E-state index is -0.455. The van der Waals surface area contributed by atoms with Crippen molar-refractivity contribution < 1.29 is 14.7 Å². The van der Waals surface area contributed by atoms with Crippen molar-refractivity contribution in [2.24, 2.45) is 0 Å². The second kappa shape index (κ2) is 11.3. The fourth-order valence-electron chi connectivity index (χ4n) is 4.40. The number of aliphatic hydroxyl groups excluding tert-OH is 1. The van der Waals surface area contributed by atoms with Gasteiger partial charge in [-0.05, 0) is 36.1 Å². The molecule has 0 saturated carbocycles. The summed E-state index contributed by atoms with van der Waals surface area (Å²) in [7, 11) is 3.50. The first-order chi connectivity index (χ1) is 17.4. The number of nitrogens with zero attached hydrogens (tertiary/aromatic N) is 2. The molecule has 4 aromatic rings. The van der Waals surface area contributed by atoms with Crippen LogP contribution in [0, 0.1) is 0 Å². The number of aliphatic hydroxyl groups is 1. The third kappa shape index (κ3) is 5.52. The molecule has 0 fully saturated rings. The minimum absolute atomic E-state index is 0.0690. The topological polar surface area (TPSA) is 70.5 Å². The van der Waals surface area contributed by atoms with Crippen LogP contribution in [0.1, 0.15) is 42.1 Å². The molecule has 0 aliphatic heterocycles.